The summed E-state index contributed by atoms with van der Waals surface area (Å²) in [6.45, 7) is 0.771. The monoisotopic (exact) mass is 269 g/mol. The number of rotatable bonds is 5. The van der Waals surface area contributed by atoms with Gasteiger partial charge in [0.2, 0.25) is 5.95 Å². The van der Waals surface area contributed by atoms with Crippen molar-refractivity contribution in [3.05, 3.63) is 42.2 Å². The van der Waals surface area contributed by atoms with Crippen LogP contribution in [0.2, 0.25) is 0 Å². The number of nitrogens with zero attached hydrogens (tertiary/aromatic N) is 4. The van der Waals surface area contributed by atoms with Crippen LogP contribution in [0.3, 0.4) is 0 Å². The maximum absolute atomic E-state index is 4.63. The summed E-state index contributed by atoms with van der Waals surface area (Å²) in [5.74, 6) is 1.34. The Morgan fingerprint density at radius 1 is 1.10 bits per heavy atom. The Kier molecular flexibility index (Phi) is 4.16. The Morgan fingerprint density at radius 3 is 2.80 bits per heavy atom. The minimum atomic E-state index is 0.624. The molecule has 0 unspecified atom stereocenters. The molecule has 1 N–H and O–H groups in total. The van der Waals surface area contributed by atoms with Crippen molar-refractivity contribution >= 4 is 5.95 Å². The maximum Gasteiger partial charge on any atom is 0.222 e. The first-order chi connectivity index (χ1) is 9.92. The molecule has 0 amide bonds. The normalized spacial score (nSPS) is 15.4. The third-order valence-corrected chi connectivity index (χ3v) is 3.73. The lowest BCUT2D eigenvalue weighted by Gasteiger charge is -2.10. The van der Waals surface area contributed by atoms with Crippen molar-refractivity contribution in [2.75, 3.05) is 11.9 Å². The van der Waals surface area contributed by atoms with Gasteiger partial charge in [-0.1, -0.05) is 12.8 Å². The number of nitrogens with one attached hydrogen (secondary N) is 1. The van der Waals surface area contributed by atoms with Gasteiger partial charge in [0.25, 0.3) is 0 Å². The highest BCUT2D eigenvalue weighted by Crippen LogP contribution is 2.32. The highest BCUT2D eigenvalue weighted by Gasteiger charge is 2.18. The van der Waals surface area contributed by atoms with Gasteiger partial charge >= 0.3 is 0 Å². The highest BCUT2D eigenvalue weighted by atomic mass is 15.1. The van der Waals surface area contributed by atoms with Crippen molar-refractivity contribution < 1.29 is 0 Å². The second-order valence-corrected chi connectivity index (χ2v) is 5.16. The van der Waals surface area contributed by atoms with Gasteiger partial charge in [0.1, 0.15) is 0 Å². The SMILES string of the molecule is c1cnc(CCNc2nccc(C3CCCC3)n2)cn1. The molecule has 20 heavy (non-hydrogen) atoms. The van der Waals surface area contributed by atoms with Gasteiger partial charge in [0.15, 0.2) is 0 Å². The van der Waals surface area contributed by atoms with E-state index in [-0.39, 0.29) is 0 Å². The standard InChI is InChI=1S/C15H19N5/c1-2-4-12(3-1)14-6-8-19-15(20-14)18-7-5-13-11-16-9-10-17-13/h6,8-12H,1-5,7H2,(H,18,19,20). The van der Waals surface area contributed by atoms with Crippen LogP contribution >= 0.6 is 0 Å². The first-order valence-corrected chi connectivity index (χ1v) is 7.23. The molecule has 5 nitrogen and oxygen atoms in total. The second-order valence-electron chi connectivity index (χ2n) is 5.16. The minimum Gasteiger partial charge on any atom is -0.354 e. The predicted molar refractivity (Wildman–Crippen MR) is 77.5 cm³/mol. The number of hydrogen-bond donors (Lipinski definition) is 1. The van der Waals surface area contributed by atoms with Crippen molar-refractivity contribution in [2.24, 2.45) is 0 Å². The van der Waals surface area contributed by atoms with Gasteiger partial charge in [-0.25, -0.2) is 9.97 Å². The fraction of sp³-hybridized carbons (Fsp3) is 0.467. The van der Waals surface area contributed by atoms with E-state index < -0.39 is 0 Å². The van der Waals surface area contributed by atoms with E-state index in [2.05, 4.69) is 25.3 Å². The van der Waals surface area contributed by atoms with E-state index in [9.17, 15) is 0 Å². The van der Waals surface area contributed by atoms with Gasteiger partial charge in [0, 0.05) is 49.4 Å². The lowest BCUT2D eigenvalue weighted by atomic mass is 10.0. The fourth-order valence-corrected chi connectivity index (χ4v) is 2.67. The number of aromatic nitrogens is 4. The summed E-state index contributed by atoms with van der Waals surface area (Å²) in [6, 6.07) is 2.05. The summed E-state index contributed by atoms with van der Waals surface area (Å²) in [4.78, 5) is 17.2. The molecule has 0 aromatic carbocycles. The molecule has 2 aromatic rings. The van der Waals surface area contributed by atoms with Crippen LogP contribution in [0, 0.1) is 0 Å². The molecule has 0 aliphatic heterocycles. The van der Waals surface area contributed by atoms with Crippen LogP contribution in [-0.2, 0) is 6.42 Å². The van der Waals surface area contributed by atoms with Crippen LogP contribution < -0.4 is 5.32 Å². The third-order valence-electron chi connectivity index (χ3n) is 3.73. The Labute approximate surface area is 118 Å². The molecule has 0 spiro atoms. The molecule has 5 heteroatoms. The average Bonchev–Trinajstić information content (AvgIpc) is 3.03. The summed E-state index contributed by atoms with van der Waals surface area (Å²) < 4.78 is 0. The lowest BCUT2D eigenvalue weighted by Crippen LogP contribution is -2.10. The largest absolute Gasteiger partial charge is 0.354 e. The van der Waals surface area contributed by atoms with E-state index in [1.807, 2.05) is 12.3 Å². The number of anilines is 1. The molecule has 1 saturated carbocycles. The van der Waals surface area contributed by atoms with E-state index in [1.54, 1.807) is 18.6 Å². The van der Waals surface area contributed by atoms with E-state index in [0.717, 1.165) is 24.6 Å². The topological polar surface area (TPSA) is 63.6 Å². The minimum absolute atomic E-state index is 0.624. The first kappa shape index (κ1) is 13.0. The zero-order valence-electron chi connectivity index (χ0n) is 11.5. The molecule has 0 radical (unpaired) electrons. The van der Waals surface area contributed by atoms with Gasteiger partial charge in [-0.05, 0) is 18.9 Å². The van der Waals surface area contributed by atoms with Crippen molar-refractivity contribution in [1.82, 2.24) is 19.9 Å². The smallest absolute Gasteiger partial charge is 0.222 e. The second kappa shape index (κ2) is 6.41. The maximum atomic E-state index is 4.63. The van der Waals surface area contributed by atoms with Gasteiger partial charge in [-0.2, -0.15) is 0 Å². The highest BCUT2D eigenvalue weighted by molar-refractivity contribution is 5.26. The molecule has 2 heterocycles. The fourth-order valence-electron chi connectivity index (χ4n) is 2.67. The van der Waals surface area contributed by atoms with Crippen molar-refractivity contribution in [1.29, 1.82) is 0 Å². The molecule has 104 valence electrons. The van der Waals surface area contributed by atoms with E-state index >= 15 is 0 Å². The molecule has 1 aliphatic rings. The lowest BCUT2D eigenvalue weighted by molar-refractivity contribution is 0.694. The van der Waals surface area contributed by atoms with Crippen LogP contribution in [0.15, 0.2) is 30.9 Å². The molecule has 1 fully saturated rings. The molecular formula is C15H19N5. The molecule has 0 atom stereocenters. The summed E-state index contributed by atoms with van der Waals surface area (Å²) in [5, 5.41) is 3.27. The van der Waals surface area contributed by atoms with Gasteiger partial charge in [0.05, 0.1) is 5.69 Å². The molecule has 3 rings (SSSR count). The Bertz CT molecular complexity index is 537. The molecular weight excluding hydrogens is 250 g/mol. The zero-order chi connectivity index (χ0) is 13.6. The first-order valence-electron chi connectivity index (χ1n) is 7.23. The van der Waals surface area contributed by atoms with Gasteiger partial charge < -0.3 is 5.32 Å². The number of hydrogen-bond acceptors (Lipinski definition) is 5. The van der Waals surface area contributed by atoms with Crippen molar-refractivity contribution in [2.45, 2.75) is 38.0 Å². The summed E-state index contributed by atoms with van der Waals surface area (Å²) in [7, 11) is 0. The van der Waals surface area contributed by atoms with Crippen molar-refractivity contribution in [3.63, 3.8) is 0 Å². The van der Waals surface area contributed by atoms with Crippen LogP contribution in [0.5, 0.6) is 0 Å². The predicted octanol–water partition coefficient (Wildman–Crippen LogP) is 2.58. The average molecular weight is 269 g/mol. The van der Waals surface area contributed by atoms with E-state index in [0.29, 0.717) is 5.92 Å². The van der Waals surface area contributed by atoms with E-state index in [1.165, 1.54) is 31.4 Å². The Hall–Kier alpha value is -2.04. The van der Waals surface area contributed by atoms with E-state index in [4.69, 9.17) is 0 Å². The zero-order valence-corrected chi connectivity index (χ0v) is 11.5. The molecule has 2 aromatic heterocycles. The van der Waals surface area contributed by atoms with Crippen LogP contribution in [0.25, 0.3) is 0 Å². The van der Waals surface area contributed by atoms with Crippen molar-refractivity contribution in [3.8, 4) is 0 Å². The quantitative estimate of drug-likeness (QED) is 0.903. The summed E-state index contributed by atoms with van der Waals surface area (Å²) in [6.07, 6.45) is 13.0. The van der Waals surface area contributed by atoms with Crippen LogP contribution in [-0.4, -0.2) is 26.5 Å². The van der Waals surface area contributed by atoms with Crippen LogP contribution in [0.4, 0.5) is 5.95 Å². The van der Waals surface area contributed by atoms with Gasteiger partial charge in [-0.15, -0.1) is 0 Å². The molecule has 0 saturated heterocycles. The summed E-state index contributed by atoms with van der Waals surface area (Å²) >= 11 is 0. The molecule has 0 bridgehead atoms. The van der Waals surface area contributed by atoms with Gasteiger partial charge in [-0.3, -0.25) is 9.97 Å². The Balaban J connectivity index is 1.56. The molecule has 1 aliphatic carbocycles. The Morgan fingerprint density at radius 2 is 2.00 bits per heavy atom. The third kappa shape index (κ3) is 3.29. The summed E-state index contributed by atoms with van der Waals surface area (Å²) in [5.41, 5.74) is 2.16. The van der Waals surface area contributed by atoms with Crippen LogP contribution in [0.1, 0.15) is 43.0 Å².